The number of hydrogen-bond acceptors (Lipinski definition) is 4. The van der Waals surface area contributed by atoms with Crippen molar-refractivity contribution in [3.05, 3.63) is 63.6 Å². The molecule has 4 nitrogen and oxygen atoms in total. The summed E-state index contributed by atoms with van der Waals surface area (Å²) < 4.78 is 6.03. The van der Waals surface area contributed by atoms with Crippen molar-refractivity contribution in [2.75, 3.05) is 0 Å². The molecular formula is C19H18ClNO3. The zero-order valence-corrected chi connectivity index (χ0v) is 14.0. The minimum Gasteiger partial charge on any atom is -0.465 e. The lowest BCUT2D eigenvalue weighted by Crippen LogP contribution is -2.21. The van der Waals surface area contributed by atoms with Gasteiger partial charge in [-0.15, -0.1) is 0 Å². The average Bonchev–Trinajstić information content (AvgIpc) is 2.99. The molecule has 2 aromatic rings. The van der Waals surface area contributed by atoms with Crippen LogP contribution in [0.2, 0.25) is 5.02 Å². The Morgan fingerprint density at radius 3 is 2.71 bits per heavy atom. The van der Waals surface area contributed by atoms with Crippen molar-refractivity contribution < 1.29 is 14.0 Å². The van der Waals surface area contributed by atoms with Gasteiger partial charge in [0.25, 0.3) is 0 Å². The van der Waals surface area contributed by atoms with Gasteiger partial charge in [-0.3, -0.25) is 0 Å². The second-order valence-electron chi connectivity index (χ2n) is 6.16. The molecule has 1 heterocycles. The molecule has 1 aromatic heterocycles. The number of carbonyl (C=O) groups excluding carboxylic acids is 1. The quantitative estimate of drug-likeness (QED) is 0.836. The first-order valence-electron chi connectivity index (χ1n) is 8.29. The fourth-order valence-electron chi connectivity index (χ4n) is 3.40. The molecule has 0 spiro atoms. The maximum Gasteiger partial charge on any atom is 0.362 e. The maximum atomic E-state index is 12.2. The van der Waals surface area contributed by atoms with E-state index in [0.29, 0.717) is 10.6 Å². The fourth-order valence-corrected chi connectivity index (χ4v) is 3.53. The molecule has 0 radical (unpaired) electrons. The summed E-state index contributed by atoms with van der Waals surface area (Å²) in [6, 6.07) is 6.63. The molecule has 0 amide bonds. The number of furan rings is 1. The second-order valence-corrected chi connectivity index (χ2v) is 6.60. The summed E-state index contributed by atoms with van der Waals surface area (Å²) in [4.78, 5) is 17.4. The van der Waals surface area contributed by atoms with E-state index in [1.54, 1.807) is 24.3 Å². The molecule has 2 aliphatic carbocycles. The van der Waals surface area contributed by atoms with Gasteiger partial charge in [-0.2, -0.15) is 0 Å². The SMILES string of the molecule is O=C(ONC1=CCCc2oc3c(c21)CCCC3)c1ccc(Cl)cc1. The topological polar surface area (TPSA) is 51.5 Å². The van der Waals surface area contributed by atoms with Crippen molar-refractivity contribution in [2.45, 2.75) is 38.5 Å². The van der Waals surface area contributed by atoms with Gasteiger partial charge in [0.1, 0.15) is 11.5 Å². The third-order valence-corrected chi connectivity index (χ3v) is 4.82. The Bertz CT molecular complexity index is 805. The van der Waals surface area contributed by atoms with E-state index in [1.807, 2.05) is 0 Å². The summed E-state index contributed by atoms with van der Waals surface area (Å²) >= 11 is 5.84. The van der Waals surface area contributed by atoms with Crippen LogP contribution < -0.4 is 5.48 Å². The summed E-state index contributed by atoms with van der Waals surface area (Å²) in [5.41, 5.74) is 6.51. The van der Waals surface area contributed by atoms with Gasteiger partial charge in [0, 0.05) is 29.0 Å². The van der Waals surface area contributed by atoms with Crippen LogP contribution in [0.4, 0.5) is 0 Å². The van der Waals surface area contributed by atoms with E-state index in [-0.39, 0.29) is 0 Å². The molecule has 1 aromatic carbocycles. The monoisotopic (exact) mass is 343 g/mol. The second kappa shape index (κ2) is 6.36. The first kappa shape index (κ1) is 15.3. The Morgan fingerprint density at radius 2 is 1.88 bits per heavy atom. The number of hydrogen-bond donors (Lipinski definition) is 1. The molecule has 5 heteroatoms. The van der Waals surface area contributed by atoms with Gasteiger partial charge in [0.05, 0.1) is 11.3 Å². The van der Waals surface area contributed by atoms with Crippen LogP contribution in [0, 0.1) is 0 Å². The molecule has 2 aliphatic rings. The third-order valence-electron chi connectivity index (χ3n) is 4.57. The summed E-state index contributed by atoms with van der Waals surface area (Å²) in [5, 5.41) is 0.587. The van der Waals surface area contributed by atoms with Crippen LogP contribution >= 0.6 is 11.6 Å². The average molecular weight is 344 g/mol. The van der Waals surface area contributed by atoms with Crippen LogP contribution in [0.3, 0.4) is 0 Å². The molecule has 0 bridgehead atoms. The maximum absolute atomic E-state index is 12.2. The van der Waals surface area contributed by atoms with Gasteiger partial charge in [-0.25, -0.2) is 10.3 Å². The molecule has 24 heavy (non-hydrogen) atoms. The number of halogens is 1. The molecule has 0 saturated heterocycles. The Balaban J connectivity index is 1.52. The first-order chi connectivity index (χ1) is 11.7. The number of rotatable bonds is 3. The van der Waals surface area contributed by atoms with Crippen LogP contribution in [-0.2, 0) is 24.1 Å². The van der Waals surface area contributed by atoms with E-state index < -0.39 is 5.97 Å². The molecule has 0 aliphatic heterocycles. The largest absolute Gasteiger partial charge is 0.465 e. The van der Waals surface area contributed by atoms with Crippen LogP contribution in [-0.4, -0.2) is 5.97 Å². The number of fused-ring (bicyclic) bond motifs is 3. The van der Waals surface area contributed by atoms with Crippen molar-refractivity contribution in [2.24, 2.45) is 0 Å². The first-order valence-corrected chi connectivity index (χ1v) is 8.67. The Labute approximate surface area is 145 Å². The zero-order chi connectivity index (χ0) is 16.5. The molecule has 4 rings (SSSR count). The highest BCUT2D eigenvalue weighted by molar-refractivity contribution is 6.30. The number of hydroxylamine groups is 1. The standard InChI is InChI=1S/C19H18ClNO3/c20-13-10-8-12(9-11-13)19(22)24-21-15-5-3-7-17-18(15)14-4-1-2-6-16(14)23-17/h5,8-11,21H,1-4,6-7H2. The summed E-state index contributed by atoms with van der Waals surface area (Å²) in [5.74, 6) is 1.68. The predicted octanol–water partition coefficient (Wildman–Crippen LogP) is 4.46. The molecule has 124 valence electrons. The van der Waals surface area contributed by atoms with E-state index in [9.17, 15) is 4.79 Å². The van der Waals surface area contributed by atoms with Gasteiger partial charge in [-0.1, -0.05) is 17.7 Å². The summed E-state index contributed by atoms with van der Waals surface area (Å²) in [7, 11) is 0. The van der Waals surface area contributed by atoms with Crippen LogP contribution in [0.25, 0.3) is 5.70 Å². The highest BCUT2D eigenvalue weighted by atomic mass is 35.5. The third kappa shape index (κ3) is 2.82. The Morgan fingerprint density at radius 1 is 1.08 bits per heavy atom. The zero-order valence-electron chi connectivity index (χ0n) is 13.2. The minimum atomic E-state index is -0.433. The molecular weight excluding hydrogens is 326 g/mol. The summed E-state index contributed by atoms with van der Waals surface area (Å²) in [6.45, 7) is 0. The Kier molecular flexibility index (Phi) is 4.07. The van der Waals surface area contributed by atoms with Crippen LogP contribution in [0.15, 0.2) is 34.8 Å². The van der Waals surface area contributed by atoms with E-state index in [1.165, 1.54) is 18.4 Å². The lowest BCUT2D eigenvalue weighted by atomic mass is 9.91. The minimum absolute atomic E-state index is 0.433. The van der Waals surface area contributed by atoms with Crippen molar-refractivity contribution >= 4 is 23.3 Å². The van der Waals surface area contributed by atoms with Gasteiger partial charge >= 0.3 is 5.97 Å². The molecule has 1 N–H and O–H groups in total. The molecule has 0 fully saturated rings. The van der Waals surface area contributed by atoms with Gasteiger partial charge in [0.15, 0.2) is 0 Å². The lowest BCUT2D eigenvalue weighted by Gasteiger charge is -2.17. The van der Waals surface area contributed by atoms with Crippen molar-refractivity contribution in [1.82, 2.24) is 5.48 Å². The predicted molar refractivity (Wildman–Crippen MR) is 91.7 cm³/mol. The van der Waals surface area contributed by atoms with E-state index in [0.717, 1.165) is 48.5 Å². The van der Waals surface area contributed by atoms with Crippen LogP contribution in [0.5, 0.6) is 0 Å². The highest BCUT2D eigenvalue weighted by Gasteiger charge is 2.27. The fraction of sp³-hybridized carbons (Fsp3) is 0.316. The van der Waals surface area contributed by atoms with Gasteiger partial charge in [0.2, 0.25) is 0 Å². The van der Waals surface area contributed by atoms with Crippen molar-refractivity contribution in [3.63, 3.8) is 0 Å². The number of aryl methyl sites for hydroxylation is 2. The smallest absolute Gasteiger partial charge is 0.362 e. The molecule has 0 unspecified atom stereocenters. The van der Waals surface area contributed by atoms with Crippen molar-refractivity contribution in [1.29, 1.82) is 0 Å². The molecule has 0 atom stereocenters. The summed E-state index contributed by atoms with van der Waals surface area (Å²) in [6.07, 6.45) is 8.23. The number of nitrogens with one attached hydrogen (secondary N) is 1. The lowest BCUT2D eigenvalue weighted by molar-refractivity contribution is 0.0367. The van der Waals surface area contributed by atoms with E-state index in [2.05, 4.69) is 11.6 Å². The number of benzene rings is 1. The van der Waals surface area contributed by atoms with Gasteiger partial charge < -0.3 is 9.25 Å². The van der Waals surface area contributed by atoms with Crippen molar-refractivity contribution in [3.8, 4) is 0 Å². The normalized spacial score (nSPS) is 16.0. The Hall–Kier alpha value is -2.20. The van der Waals surface area contributed by atoms with E-state index >= 15 is 0 Å². The highest BCUT2D eigenvalue weighted by Crippen LogP contribution is 2.36. The molecule has 0 saturated carbocycles. The van der Waals surface area contributed by atoms with Gasteiger partial charge in [-0.05, 0) is 49.9 Å². The van der Waals surface area contributed by atoms with E-state index in [4.69, 9.17) is 20.9 Å². The number of carbonyl (C=O) groups is 1. The van der Waals surface area contributed by atoms with Crippen LogP contribution in [0.1, 0.15) is 52.3 Å². The number of allylic oxidation sites excluding steroid dienone is 1.